The second-order valence-corrected chi connectivity index (χ2v) is 19.3. The molecule has 1 amide bonds. The second kappa shape index (κ2) is 53.7. The van der Waals surface area contributed by atoms with Crippen molar-refractivity contribution in [3.05, 3.63) is 36.5 Å². The van der Waals surface area contributed by atoms with E-state index in [9.17, 15) is 19.8 Å². The highest BCUT2D eigenvalue weighted by atomic mass is 16.5. The molecule has 0 aromatic heterocycles. The number of carbonyl (C=O) groups is 2. The number of hydrogen-bond acceptors (Lipinski definition) is 5. The monoisotopic (exact) mass is 900 g/mol. The molecule has 0 bridgehead atoms. The summed E-state index contributed by atoms with van der Waals surface area (Å²) in [7, 11) is 0. The first-order chi connectivity index (χ1) is 31.5. The first kappa shape index (κ1) is 62.1. The first-order valence-corrected chi connectivity index (χ1v) is 28.2. The van der Waals surface area contributed by atoms with Gasteiger partial charge in [-0.25, -0.2) is 0 Å². The molecule has 0 spiro atoms. The van der Waals surface area contributed by atoms with Crippen LogP contribution in [-0.4, -0.2) is 47.4 Å². The Morgan fingerprint density at radius 1 is 0.438 bits per heavy atom. The summed E-state index contributed by atoms with van der Waals surface area (Å²) in [5.74, 6) is -0.0554. The summed E-state index contributed by atoms with van der Waals surface area (Å²) in [5.41, 5.74) is 0. The average Bonchev–Trinajstić information content (AvgIpc) is 3.29. The summed E-state index contributed by atoms with van der Waals surface area (Å²) in [6.45, 7) is 4.90. The van der Waals surface area contributed by atoms with Gasteiger partial charge in [-0.2, -0.15) is 0 Å². The molecule has 0 saturated carbocycles. The molecule has 6 nitrogen and oxygen atoms in total. The normalized spacial score (nSPS) is 12.9. The fraction of sp³-hybridized carbons (Fsp3) is 0.862. The van der Waals surface area contributed by atoms with Gasteiger partial charge in [0.05, 0.1) is 25.4 Å². The summed E-state index contributed by atoms with van der Waals surface area (Å²) in [5, 5.41) is 23.2. The van der Waals surface area contributed by atoms with Crippen LogP contribution in [0.4, 0.5) is 0 Å². The minimum absolute atomic E-state index is 0.00508. The van der Waals surface area contributed by atoms with Gasteiger partial charge in [-0.05, 0) is 83.5 Å². The van der Waals surface area contributed by atoms with Gasteiger partial charge < -0.3 is 20.3 Å². The maximum atomic E-state index is 12.4. The molecular formula is C58H109NO5. The van der Waals surface area contributed by atoms with Gasteiger partial charge in [-0.3, -0.25) is 9.59 Å². The highest BCUT2D eigenvalue weighted by Crippen LogP contribution is 2.16. The molecule has 0 aromatic rings. The van der Waals surface area contributed by atoms with Crippen LogP contribution in [0, 0.1) is 0 Å². The number of unbranched alkanes of at least 4 members (excludes halogenated alkanes) is 35. The summed E-state index contributed by atoms with van der Waals surface area (Å²) in [6, 6.07) is -0.551. The summed E-state index contributed by atoms with van der Waals surface area (Å²) in [6.07, 6.45) is 65.6. The number of amides is 1. The van der Waals surface area contributed by atoms with Gasteiger partial charge in [0.15, 0.2) is 0 Å². The van der Waals surface area contributed by atoms with Gasteiger partial charge in [0, 0.05) is 12.8 Å². The molecule has 0 heterocycles. The summed E-state index contributed by atoms with van der Waals surface area (Å²) in [4.78, 5) is 24.5. The van der Waals surface area contributed by atoms with Crippen LogP contribution < -0.4 is 5.32 Å². The molecule has 0 aliphatic rings. The number of rotatable bonds is 52. The standard InChI is InChI=1S/C58H109NO5/c1-3-5-7-9-11-13-15-17-18-21-25-28-32-36-40-44-48-52-58(63)64-53-49-45-41-37-33-29-26-23-20-19-22-24-27-31-35-39-43-47-51-57(62)59-55(54-60)56(61)50-46-42-38-34-30-16-14-12-10-8-6-4-2/h11,13,17-18,22,24,55-56,60-61H,3-10,12,14-16,19-21,23,25-54H2,1-2H3,(H,59,62)/b13-11-,18-17-,24-22-. The number of esters is 1. The molecule has 64 heavy (non-hydrogen) atoms. The van der Waals surface area contributed by atoms with Crippen molar-refractivity contribution in [2.75, 3.05) is 13.2 Å². The van der Waals surface area contributed by atoms with Crippen molar-refractivity contribution < 1.29 is 24.5 Å². The predicted octanol–water partition coefficient (Wildman–Crippen LogP) is 17.2. The number of allylic oxidation sites excluding steroid dienone is 6. The zero-order valence-corrected chi connectivity index (χ0v) is 42.8. The molecule has 0 radical (unpaired) electrons. The Hall–Kier alpha value is -1.92. The molecule has 3 N–H and O–H groups in total. The van der Waals surface area contributed by atoms with E-state index in [2.05, 4.69) is 55.6 Å². The van der Waals surface area contributed by atoms with E-state index in [1.54, 1.807) is 0 Å². The van der Waals surface area contributed by atoms with E-state index in [4.69, 9.17) is 4.74 Å². The third kappa shape index (κ3) is 49.5. The second-order valence-electron chi connectivity index (χ2n) is 19.3. The van der Waals surface area contributed by atoms with Crippen LogP contribution >= 0.6 is 0 Å². The Bertz CT molecular complexity index is 1040. The van der Waals surface area contributed by atoms with Crippen LogP contribution in [0.1, 0.15) is 296 Å². The Morgan fingerprint density at radius 3 is 1.23 bits per heavy atom. The molecule has 2 unspecified atom stereocenters. The quantitative estimate of drug-likeness (QED) is 0.0321. The molecule has 6 heteroatoms. The van der Waals surface area contributed by atoms with Gasteiger partial charge in [-0.15, -0.1) is 0 Å². The van der Waals surface area contributed by atoms with Crippen molar-refractivity contribution >= 4 is 11.9 Å². The van der Waals surface area contributed by atoms with Crippen molar-refractivity contribution in [3.63, 3.8) is 0 Å². The van der Waals surface area contributed by atoms with Crippen molar-refractivity contribution in [2.45, 2.75) is 309 Å². The minimum atomic E-state index is -0.672. The number of aliphatic hydroxyl groups excluding tert-OH is 2. The van der Waals surface area contributed by atoms with Crippen molar-refractivity contribution in [3.8, 4) is 0 Å². The maximum absolute atomic E-state index is 12.4. The summed E-state index contributed by atoms with van der Waals surface area (Å²) >= 11 is 0. The van der Waals surface area contributed by atoms with Gasteiger partial charge in [0.25, 0.3) is 0 Å². The van der Waals surface area contributed by atoms with Gasteiger partial charge >= 0.3 is 5.97 Å². The first-order valence-electron chi connectivity index (χ1n) is 28.2. The largest absolute Gasteiger partial charge is 0.466 e. The molecule has 0 aromatic carbocycles. The fourth-order valence-corrected chi connectivity index (χ4v) is 8.55. The number of hydrogen-bond donors (Lipinski definition) is 3. The lowest BCUT2D eigenvalue weighted by molar-refractivity contribution is -0.143. The van der Waals surface area contributed by atoms with Gasteiger partial charge in [-0.1, -0.05) is 237 Å². The van der Waals surface area contributed by atoms with Crippen LogP contribution in [0.15, 0.2) is 36.5 Å². The Labute approximate surface area is 398 Å². The molecule has 0 aliphatic carbocycles. The minimum Gasteiger partial charge on any atom is -0.466 e. The molecular weight excluding hydrogens is 791 g/mol. The Balaban J connectivity index is 3.44. The molecule has 0 fully saturated rings. The highest BCUT2D eigenvalue weighted by Gasteiger charge is 2.20. The summed E-state index contributed by atoms with van der Waals surface area (Å²) < 4.78 is 5.48. The lowest BCUT2D eigenvalue weighted by atomic mass is 10.0. The van der Waals surface area contributed by atoms with E-state index < -0.39 is 12.1 Å². The van der Waals surface area contributed by atoms with Crippen molar-refractivity contribution in [2.24, 2.45) is 0 Å². The van der Waals surface area contributed by atoms with Crippen molar-refractivity contribution in [1.29, 1.82) is 0 Å². The molecule has 376 valence electrons. The van der Waals surface area contributed by atoms with E-state index in [1.807, 2.05) is 0 Å². The average molecular weight is 901 g/mol. The highest BCUT2D eigenvalue weighted by molar-refractivity contribution is 5.76. The number of carbonyl (C=O) groups excluding carboxylic acids is 2. The van der Waals surface area contributed by atoms with Crippen LogP contribution in [0.2, 0.25) is 0 Å². The van der Waals surface area contributed by atoms with Crippen molar-refractivity contribution in [1.82, 2.24) is 5.32 Å². The van der Waals surface area contributed by atoms with E-state index in [0.29, 0.717) is 25.9 Å². The topological polar surface area (TPSA) is 95.9 Å². The van der Waals surface area contributed by atoms with Crippen LogP contribution in [0.5, 0.6) is 0 Å². The van der Waals surface area contributed by atoms with Gasteiger partial charge in [0.2, 0.25) is 5.91 Å². The Kier molecular flexibility index (Phi) is 52.1. The zero-order chi connectivity index (χ0) is 46.5. The number of ether oxygens (including phenoxy) is 1. The Morgan fingerprint density at radius 2 is 0.781 bits per heavy atom. The SMILES string of the molecule is CCCCC/C=C\C/C=C\CCCCCCCCCC(=O)OCCCCCCCCCCC/C=C\CCCCCCCC(=O)NC(CO)C(O)CCCCCCCCCCCCCC. The molecule has 0 rings (SSSR count). The lowest BCUT2D eigenvalue weighted by Crippen LogP contribution is -2.45. The van der Waals surface area contributed by atoms with E-state index in [-0.39, 0.29) is 18.5 Å². The number of aliphatic hydroxyl groups is 2. The van der Waals surface area contributed by atoms with Gasteiger partial charge in [0.1, 0.15) is 0 Å². The maximum Gasteiger partial charge on any atom is 0.305 e. The van der Waals surface area contributed by atoms with E-state index in [0.717, 1.165) is 64.2 Å². The third-order valence-corrected chi connectivity index (χ3v) is 12.9. The van der Waals surface area contributed by atoms with Crippen LogP contribution in [0.25, 0.3) is 0 Å². The number of nitrogens with one attached hydrogen (secondary N) is 1. The lowest BCUT2D eigenvalue weighted by Gasteiger charge is -2.22. The van der Waals surface area contributed by atoms with E-state index in [1.165, 1.54) is 199 Å². The molecule has 0 saturated heterocycles. The zero-order valence-electron chi connectivity index (χ0n) is 42.8. The van der Waals surface area contributed by atoms with Crippen LogP contribution in [-0.2, 0) is 14.3 Å². The molecule has 0 aliphatic heterocycles. The smallest absolute Gasteiger partial charge is 0.305 e. The molecule has 2 atom stereocenters. The predicted molar refractivity (Wildman–Crippen MR) is 278 cm³/mol. The third-order valence-electron chi connectivity index (χ3n) is 12.9. The van der Waals surface area contributed by atoms with E-state index >= 15 is 0 Å². The van der Waals surface area contributed by atoms with Crippen LogP contribution in [0.3, 0.4) is 0 Å². The fourth-order valence-electron chi connectivity index (χ4n) is 8.55.